The number of methoxy groups -OCH3 is 2. The van der Waals surface area contributed by atoms with Gasteiger partial charge < -0.3 is 19.5 Å². The van der Waals surface area contributed by atoms with Gasteiger partial charge in [0.05, 0.1) is 14.2 Å². The third-order valence-corrected chi connectivity index (χ3v) is 3.56. The van der Waals surface area contributed by atoms with Crippen LogP contribution in [0.1, 0.15) is 12.0 Å². The van der Waals surface area contributed by atoms with E-state index in [0.717, 1.165) is 43.2 Å². The lowest BCUT2D eigenvalue weighted by atomic mass is 10.1. The average molecular weight is 315 g/mol. The second-order valence-corrected chi connectivity index (χ2v) is 5.20. The van der Waals surface area contributed by atoms with Gasteiger partial charge in [-0.2, -0.15) is 0 Å². The number of aryl methyl sites for hydroxylation is 1. The van der Waals surface area contributed by atoms with Crippen molar-refractivity contribution in [1.29, 1.82) is 0 Å². The van der Waals surface area contributed by atoms with Crippen LogP contribution in [0.5, 0.6) is 17.2 Å². The molecule has 124 valence electrons. The predicted molar refractivity (Wildman–Crippen MR) is 92.7 cm³/mol. The number of rotatable bonds is 10. The fourth-order valence-electron chi connectivity index (χ4n) is 2.34. The zero-order valence-electron chi connectivity index (χ0n) is 13.9. The Morgan fingerprint density at radius 1 is 0.870 bits per heavy atom. The molecule has 0 unspecified atom stereocenters. The SMILES string of the molecule is COc1cccc(CCCNCCOc2ccccc2OC)c1. The van der Waals surface area contributed by atoms with Crippen LogP contribution >= 0.6 is 0 Å². The molecule has 0 amide bonds. The maximum absolute atomic E-state index is 5.72. The fraction of sp³-hybridized carbons (Fsp3) is 0.368. The zero-order chi connectivity index (χ0) is 16.3. The Labute approximate surface area is 138 Å². The molecule has 0 aromatic heterocycles. The van der Waals surface area contributed by atoms with Crippen LogP contribution in [0.15, 0.2) is 48.5 Å². The van der Waals surface area contributed by atoms with Crippen LogP contribution in [-0.4, -0.2) is 33.9 Å². The molecule has 23 heavy (non-hydrogen) atoms. The van der Waals surface area contributed by atoms with E-state index in [4.69, 9.17) is 14.2 Å². The molecule has 4 heteroatoms. The molecule has 0 spiro atoms. The number of benzene rings is 2. The van der Waals surface area contributed by atoms with Crippen LogP contribution in [0.25, 0.3) is 0 Å². The van der Waals surface area contributed by atoms with Gasteiger partial charge in [0.2, 0.25) is 0 Å². The van der Waals surface area contributed by atoms with Gasteiger partial charge in [-0.15, -0.1) is 0 Å². The van der Waals surface area contributed by atoms with E-state index in [9.17, 15) is 0 Å². The second-order valence-electron chi connectivity index (χ2n) is 5.20. The monoisotopic (exact) mass is 315 g/mol. The minimum Gasteiger partial charge on any atom is -0.497 e. The van der Waals surface area contributed by atoms with Gasteiger partial charge in [-0.1, -0.05) is 24.3 Å². The maximum Gasteiger partial charge on any atom is 0.161 e. The van der Waals surface area contributed by atoms with Gasteiger partial charge in [0, 0.05) is 6.54 Å². The standard InChI is InChI=1S/C19H25NO3/c1-21-17-9-5-7-16(15-17)8-6-12-20-13-14-23-19-11-4-3-10-18(19)22-2/h3-5,7,9-11,15,20H,6,8,12-14H2,1-2H3. The van der Waals surface area contributed by atoms with Crippen LogP contribution < -0.4 is 19.5 Å². The van der Waals surface area contributed by atoms with Crippen molar-refractivity contribution in [3.8, 4) is 17.2 Å². The average Bonchev–Trinajstić information content (AvgIpc) is 2.61. The van der Waals surface area contributed by atoms with Gasteiger partial charge in [-0.25, -0.2) is 0 Å². The molecule has 0 aliphatic carbocycles. The summed E-state index contributed by atoms with van der Waals surface area (Å²) in [6, 6.07) is 15.9. The van der Waals surface area contributed by atoms with Crippen molar-refractivity contribution in [2.24, 2.45) is 0 Å². The van der Waals surface area contributed by atoms with Crippen LogP contribution in [-0.2, 0) is 6.42 Å². The first-order chi connectivity index (χ1) is 11.3. The number of nitrogens with one attached hydrogen (secondary N) is 1. The first kappa shape index (κ1) is 17.2. The van der Waals surface area contributed by atoms with Crippen molar-refractivity contribution in [2.45, 2.75) is 12.8 Å². The highest BCUT2D eigenvalue weighted by Gasteiger charge is 2.01. The quantitative estimate of drug-likeness (QED) is 0.683. The number of ether oxygens (including phenoxy) is 3. The first-order valence-corrected chi connectivity index (χ1v) is 7.93. The number of hydrogen-bond acceptors (Lipinski definition) is 4. The summed E-state index contributed by atoms with van der Waals surface area (Å²) in [6.07, 6.45) is 2.12. The Balaban J connectivity index is 1.59. The van der Waals surface area contributed by atoms with Gasteiger partial charge in [0.25, 0.3) is 0 Å². The minimum absolute atomic E-state index is 0.625. The van der Waals surface area contributed by atoms with E-state index in [-0.39, 0.29) is 0 Å². The van der Waals surface area contributed by atoms with Gasteiger partial charge in [0.15, 0.2) is 11.5 Å². The van der Waals surface area contributed by atoms with Gasteiger partial charge in [0.1, 0.15) is 12.4 Å². The van der Waals surface area contributed by atoms with Crippen molar-refractivity contribution in [3.05, 3.63) is 54.1 Å². The van der Waals surface area contributed by atoms with Crippen LogP contribution in [0.2, 0.25) is 0 Å². The molecule has 0 saturated carbocycles. The highest BCUT2D eigenvalue weighted by Crippen LogP contribution is 2.25. The first-order valence-electron chi connectivity index (χ1n) is 7.93. The Kier molecular flexibility index (Phi) is 7.27. The smallest absolute Gasteiger partial charge is 0.161 e. The van der Waals surface area contributed by atoms with E-state index in [0.29, 0.717) is 6.61 Å². The van der Waals surface area contributed by atoms with Crippen molar-refractivity contribution in [3.63, 3.8) is 0 Å². The summed E-state index contributed by atoms with van der Waals surface area (Å²) in [4.78, 5) is 0. The van der Waals surface area contributed by atoms with Crippen molar-refractivity contribution >= 4 is 0 Å². The summed E-state index contributed by atoms with van der Waals surface area (Å²) in [5.74, 6) is 2.47. The van der Waals surface area contributed by atoms with Gasteiger partial charge >= 0.3 is 0 Å². The molecule has 0 atom stereocenters. The lowest BCUT2D eigenvalue weighted by molar-refractivity contribution is 0.292. The molecule has 0 heterocycles. The molecule has 2 aromatic carbocycles. The molecule has 2 rings (SSSR count). The highest BCUT2D eigenvalue weighted by molar-refractivity contribution is 5.39. The van der Waals surface area contributed by atoms with Crippen molar-refractivity contribution in [2.75, 3.05) is 33.9 Å². The molecule has 0 fully saturated rings. The molecular weight excluding hydrogens is 290 g/mol. The topological polar surface area (TPSA) is 39.7 Å². The Bertz CT molecular complexity index is 586. The zero-order valence-corrected chi connectivity index (χ0v) is 13.9. The van der Waals surface area contributed by atoms with Gasteiger partial charge in [-0.05, 0) is 49.2 Å². The molecule has 0 aliphatic rings. The number of hydrogen-bond donors (Lipinski definition) is 1. The molecule has 0 bridgehead atoms. The fourth-order valence-corrected chi connectivity index (χ4v) is 2.34. The summed E-state index contributed by atoms with van der Waals surface area (Å²) in [5, 5.41) is 3.39. The van der Waals surface area contributed by atoms with Crippen molar-refractivity contribution in [1.82, 2.24) is 5.32 Å². The Morgan fingerprint density at radius 2 is 1.70 bits per heavy atom. The van der Waals surface area contributed by atoms with Crippen LogP contribution in [0.4, 0.5) is 0 Å². The molecule has 1 N–H and O–H groups in total. The normalized spacial score (nSPS) is 10.3. The number of para-hydroxylation sites is 2. The predicted octanol–water partition coefficient (Wildman–Crippen LogP) is 3.31. The minimum atomic E-state index is 0.625. The van der Waals surface area contributed by atoms with E-state index < -0.39 is 0 Å². The summed E-state index contributed by atoms with van der Waals surface area (Å²) in [5.41, 5.74) is 1.30. The summed E-state index contributed by atoms with van der Waals surface area (Å²) in [7, 11) is 3.35. The van der Waals surface area contributed by atoms with Crippen molar-refractivity contribution < 1.29 is 14.2 Å². The molecule has 0 saturated heterocycles. The summed E-state index contributed by atoms with van der Waals surface area (Å²) in [6.45, 7) is 2.40. The molecular formula is C19H25NO3. The lowest BCUT2D eigenvalue weighted by Crippen LogP contribution is -2.22. The maximum atomic E-state index is 5.72. The van der Waals surface area contributed by atoms with E-state index in [1.165, 1.54) is 5.56 Å². The van der Waals surface area contributed by atoms with E-state index in [1.54, 1.807) is 14.2 Å². The van der Waals surface area contributed by atoms with E-state index in [1.807, 2.05) is 36.4 Å². The van der Waals surface area contributed by atoms with E-state index >= 15 is 0 Å². The molecule has 0 aliphatic heterocycles. The molecule has 0 radical (unpaired) electrons. The largest absolute Gasteiger partial charge is 0.497 e. The van der Waals surface area contributed by atoms with Gasteiger partial charge in [-0.3, -0.25) is 0 Å². The summed E-state index contributed by atoms with van der Waals surface area (Å²) >= 11 is 0. The lowest BCUT2D eigenvalue weighted by Gasteiger charge is -2.11. The third kappa shape index (κ3) is 5.83. The van der Waals surface area contributed by atoms with Crippen LogP contribution in [0, 0.1) is 0 Å². The highest BCUT2D eigenvalue weighted by atomic mass is 16.5. The third-order valence-electron chi connectivity index (χ3n) is 3.56. The molecule has 4 nitrogen and oxygen atoms in total. The van der Waals surface area contributed by atoms with E-state index in [2.05, 4.69) is 17.4 Å². The second kappa shape index (κ2) is 9.74. The van der Waals surface area contributed by atoms with Crippen LogP contribution in [0.3, 0.4) is 0 Å². The molecule has 2 aromatic rings. The Morgan fingerprint density at radius 3 is 2.48 bits per heavy atom. The summed E-state index contributed by atoms with van der Waals surface area (Å²) < 4.78 is 16.2. The Hall–Kier alpha value is -2.20.